The molecule has 0 unspecified atom stereocenters. The Bertz CT molecular complexity index is 475. The third kappa shape index (κ3) is 3.15. The van der Waals surface area contributed by atoms with Crippen LogP contribution >= 0.6 is 24.2 Å². The molecule has 1 saturated carbocycles. The first-order valence-corrected chi connectivity index (χ1v) is 7.26. The molecule has 0 saturated heterocycles. The van der Waals surface area contributed by atoms with Gasteiger partial charge in [0, 0.05) is 11.5 Å². The smallest absolute Gasteiger partial charge is 0.312 e. The van der Waals surface area contributed by atoms with Gasteiger partial charge in [0.2, 0.25) is 5.75 Å². The minimum absolute atomic E-state index is 0.0240. The van der Waals surface area contributed by atoms with E-state index >= 15 is 0 Å². The number of halogens is 1. The van der Waals surface area contributed by atoms with E-state index in [1.807, 2.05) is 0 Å². The van der Waals surface area contributed by atoms with Gasteiger partial charge >= 0.3 is 5.69 Å². The third-order valence-corrected chi connectivity index (χ3v) is 4.63. The van der Waals surface area contributed by atoms with Crippen LogP contribution in [0, 0.1) is 15.5 Å². The van der Waals surface area contributed by atoms with Crippen molar-refractivity contribution in [2.24, 2.45) is 5.41 Å². The predicted octanol–water partition coefficient (Wildman–Crippen LogP) is 4.12. The fourth-order valence-corrected chi connectivity index (χ4v) is 3.11. The van der Waals surface area contributed by atoms with E-state index in [9.17, 15) is 10.1 Å². The summed E-state index contributed by atoms with van der Waals surface area (Å²) in [6.45, 7) is 0.432. The monoisotopic (exact) mass is 301 g/mol. The van der Waals surface area contributed by atoms with Gasteiger partial charge in [0.1, 0.15) is 0 Å². The average molecular weight is 302 g/mol. The topological polar surface area (TPSA) is 52.4 Å². The van der Waals surface area contributed by atoms with Gasteiger partial charge in [-0.3, -0.25) is 10.1 Å². The van der Waals surface area contributed by atoms with E-state index in [4.69, 9.17) is 16.3 Å². The Morgan fingerprint density at radius 2 is 2.11 bits per heavy atom. The van der Waals surface area contributed by atoms with Crippen molar-refractivity contribution in [1.29, 1.82) is 0 Å². The molecule has 0 heterocycles. The Morgan fingerprint density at radius 3 is 2.68 bits per heavy atom. The molecule has 1 fully saturated rings. The first-order chi connectivity index (χ1) is 9.08. The molecule has 0 spiro atoms. The van der Waals surface area contributed by atoms with E-state index in [0.717, 1.165) is 31.4 Å². The molecule has 104 valence electrons. The Morgan fingerprint density at radius 1 is 1.42 bits per heavy atom. The fourth-order valence-electron chi connectivity index (χ4n) is 2.48. The average Bonchev–Trinajstić information content (AvgIpc) is 2.86. The molecule has 1 aliphatic rings. The first kappa shape index (κ1) is 14.5. The molecule has 2 rings (SSSR count). The molecule has 1 aliphatic carbocycles. The maximum atomic E-state index is 11.0. The minimum atomic E-state index is -0.469. The highest BCUT2D eigenvalue weighted by molar-refractivity contribution is 7.80. The molecule has 0 aliphatic heterocycles. The summed E-state index contributed by atoms with van der Waals surface area (Å²) in [5.74, 6) is 0.896. The van der Waals surface area contributed by atoms with Gasteiger partial charge < -0.3 is 4.74 Å². The summed E-state index contributed by atoms with van der Waals surface area (Å²) < 4.78 is 5.68. The number of para-hydroxylation sites is 1. The van der Waals surface area contributed by atoms with Crippen molar-refractivity contribution in [2.75, 3.05) is 12.4 Å². The van der Waals surface area contributed by atoms with Crippen molar-refractivity contribution in [3.05, 3.63) is 33.3 Å². The van der Waals surface area contributed by atoms with Gasteiger partial charge in [-0.2, -0.15) is 12.6 Å². The quantitative estimate of drug-likeness (QED) is 0.506. The second-order valence-electron chi connectivity index (χ2n) is 5.00. The van der Waals surface area contributed by atoms with Crippen LogP contribution in [0.1, 0.15) is 25.7 Å². The molecule has 0 bridgehead atoms. The van der Waals surface area contributed by atoms with E-state index in [2.05, 4.69) is 12.6 Å². The zero-order valence-electron chi connectivity index (χ0n) is 10.5. The molecule has 1 aromatic carbocycles. The van der Waals surface area contributed by atoms with E-state index in [0.29, 0.717) is 6.61 Å². The van der Waals surface area contributed by atoms with E-state index in [1.165, 1.54) is 6.07 Å². The highest BCUT2D eigenvalue weighted by Crippen LogP contribution is 2.41. The molecular weight excluding hydrogens is 286 g/mol. The summed E-state index contributed by atoms with van der Waals surface area (Å²) in [4.78, 5) is 10.5. The number of hydrogen-bond acceptors (Lipinski definition) is 4. The number of hydrogen-bond donors (Lipinski definition) is 1. The summed E-state index contributed by atoms with van der Waals surface area (Å²) in [6, 6.07) is 4.56. The summed E-state index contributed by atoms with van der Waals surface area (Å²) >= 11 is 10.4. The first-order valence-electron chi connectivity index (χ1n) is 6.24. The molecule has 1 aromatic rings. The Labute approximate surface area is 122 Å². The van der Waals surface area contributed by atoms with E-state index < -0.39 is 4.92 Å². The van der Waals surface area contributed by atoms with Crippen LogP contribution in [0.2, 0.25) is 5.02 Å². The molecular formula is C13H16ClNO3S. The molecule has 0 atom stereocenters. The maximum absolute atomic E-state index is 11.0. The van der Waals surface area contributed by atoms with Crippen LogP contribution in [0.3, 0.4) is 0 Å². The normalized spacial score (nSPS) is 17.4. The van der Waals surface area contributed by atoms with Crippen LogP contribution in [0.4, 0.5) is 5.69 Å². The van der Waals surface area contributed by atoms with Crippen LogP contribution in [0.5, 0.6) is 5.75 Å². The highest BCUT2D eigenvalue weighted by Gasteiger charge is 2.34. The van der Waals surface area contributed by atoms with Gasteiger partial charge in [0.25, 0.3) is 0 Å². The van der Waals surface area contributed by atoms with Gasteiger partial charge in [-0.05, 0) is 24.7 Å². The van der Waals surface area contributed by atoms with Crippen molar-refractivity contribution in [1.82, 2.24) is 0 Å². The van der Waals surface area contributed by atoms with Gasteiger partial charge in [-0.25, -0.2) is 0 Å². The van der Waals surface area contributed by atoms with Gasteiger partial charge in [0.05, 0.1) is 16.6 Å². The Hall–Kier alpha value is -0.940. The summed E-state index contributed by atoms with van der Waals surface area (Å²) in [6.07, 6.45) is 4.42. The van der Waals surface area contributed by atoms with E-state index in [1.54, 1.807) is 12.1 Å². The van der Waals surface area contributed by atoms with Crippen LogP contribution < -0.4 is 4.74 Å². The van der Waals surface area contributed by atoms with Crippen molar-refractivity contribution in [3.8, 4) is 5.75 Å². The van der Waals surface area contributed by atoms with Crippen molar-refractivity contribution >= 4 is 29.9 Å². The van der Waals surface area contributed by atoms with Crippen molar-refractivity contribution in [3.63, 3.8) is 0 Å². The van der Waals surface area contributed by atoms with Crippen molar-refractivity contribution < 1.29 is 9.66 Å². The number of nitrogens with zero attached hydrogens (tertiary/aromatic N) is 1. The molecule has 0 amide bonds. The number of benzene rings is 1. The summed E-state index contributed by atoms with van der Waals surface area (Å²) in [5.41, 5.74) is -0.0595. The third-order valence-electron chi connectivity index (χ3n) is 3.67. The van der Waals surface area contributed by atoms with Crippen LogP contribution in [-0.2, 0) is 0 Å². The Balaban J connectivity index is 2.17. The predicted molar refractivity (Wildman–Crippen MR) is 78.4 cm³/mol. The molecule has 6 heteroatoms. The molecule has 4 nitrogen and oxygen atoms in total. The lowest BCUT2D eigenvalue weighted by Gasteiger charge is -2.26. The number of nitro groups is 1. The lowest BCUT2D eigenvalue weighted by atomic mass is 9.90. The van der Waals surface area contributed by atoms with Crippen LogP contribution in [0.25, 0.3) is 0 Å². The van der Waals surface area contributed by atoms with E-state index in [-0.39, 0.29) is 21.9 Å². The summed E-state index contributed by atoms with van der Waals surface area (Å²) in [7, 11) is 0. The molecule has 19 heavy (non-hydrogen) atoms. The second-order valence-corrected chi connectivity index (χ2v) is 5.72. The SMILES string of the molecule is O=[N+]([O-])c1cccc(Cl)c1OCC1(CS)CCCC1. The number of ether oxygens (including phenoxy) is 1. The van der Waals surface area contributed by atoms with Gasteiger partial charge in [-0.15, -0.1) is 0 Å². The number of rotatable bonds is 5. The van der Waals surface area contributed by atoms with Gasteiger partial charge in [-0.1, -0.05) is 30.5 Å². The number of nitro benzene ring substituents is 1. The maximum Gasteiger partial charge on any atom is 0.312 e. The largest absolute Gasteiger partial charge is 0.485 e. The van der Waals surface area contributed by atoms with Crippen molar-refractivity contribution in [2.45, 2.75) is 25.7 Å². The second kappa shape index (κ2) is 6.01. The van der Waals surface area contributed by atoms with Crippen LogP contribution in [-0.4, -0.2) is 17.3 Å². The zero-order chi connectivity index (χ0) is 13.9. The zero-order valence-corrected chi connectivity index (χ0v) is 12.1. The number of thiol groups is 1. The molecule has 0 N–H and O–H groups in total. The minimum Gasteiger partial charge on any atom is -0.485 e. The fraction of sp³-hybridized carbons (Fsp3) is 0.538. The highest BCUT2D eigenvalue weighted by atomic mass is 35.5. The molecule has 0 aromatic heterocycles. The lowest BCUT2D eigenvalue weighted by Crippen LogP contribution is -2.27. The standard InChI is InChI=1S/C13H16ClNO3S/c14-10-4-3-5-11(15(16)17)12(10)18-8-13(9-19)6-1-2-7-13/h3-5,19H,1-2,6-9H2. The Kier molecular flexibility index (Phi) is 4.58. The van der Waals surface area contributed by atoms with Gasteiger partial charge in [0.15, 0.2) is 0 Å². The molecule has 0 radical (unpaired) electrons. The lowest BCUT2D eigenvalue weighted by molar-refractivity contribution is -0.385. The summed E-state index contributed by atoms with van der Waals surface area (Å²) in [5, 5.41) is 11.3. The van der Waals surface area contributed by atoms with Crippen LogP contribution in [0.15, 0.2) is 18.2 Å².